The normalized spacial score (nSPS) is 13.6. The molecule has 1 aromatic carbocycles. The molecule has 22 heavy (non-hydrogen) atoms. The number of hydrogen-bond acceptors (Lipinski definition) is 3. The third kappa shape index (κ3) is 2.53. The Labute approximate surface area is 129 Å². The standard InChI is InChI=1S/C15H9ClF2N2O2/c16-13-12(18)6-8-5-9(15(21)22)7-20(14(8)19-13)11-3-1-10(17)2-4-11/h1-6H,7H2,(H,21,22). The molecule has 0 saturated heterocycles. The minimum atomic E-state index is -1.12. The number of fused-ring (bicyclic) bond motifs is 1. The zero-order valence-corrected chi connectivity index (χ0v) is 11.8. The predicted octanol–water partition coefficient (Wildman–Crippen LogP) is 3.63. The van der Waals surface area contributed by atoms with Gasteiger partial charge in [-0.3, -0.25) is 0 Å². The minimum Gasteiger partial charge on any atom is -0.478 e. The number of carboxylic acids is 1. The summed E-state index contributed by atoms with van der Waals surface area (Å²) in [5.41, 5.74) is 0.903. The van der Waals surface area contributed by atoms with Gasteiger partial charge in [0, 0.05) is 11.3 Å². The molecule has 0 amide bonds. The summed E-state index contributed by atoms with van der Waals surface area (Å²) < 4.78 is 26.6. The van der Waals surface area contributed by atoms with E-state index in [-0.39, 0.29) is 17.3 Å². The molecule has 3 rings (SSSR count). The Morgan fingerprint density at radius 2 is 1.95 bits per heavy atom. The van der Waals surface area contributed by atoms with Crippen LogP contribution >= 0.6 is 11.6 Å². The van der Waals surface area contributed by atoms with Crippen molar-refractivity contribution in [2.75, 3.05) is 11.4 Å². The Kier molecular flexibility index (Phi) is 3.54. The number of carboxylic acid groups (broad SMARTS) is 1. The molecule has 0 radical (unpaired) electrons. The van der Waals surface area contributed by atoms with E-state index >= 15 is 0 Å². The summed E-state index contributed by atoms with van der Waals surface area (Å²) in [6.07, 6.45) is 1.35. The highest BCUT2D eigenvalue weighted by Crippen LogP contribution is 2.35. The third-order valence-electron chi connectivity index (χ3n) is 3.27. The number of benzene rings is 1. The molecule has 2 heterocycles. The van der Waals surface area contributed by atoms with Gasteiger partial charge in [0.1, 0.15) is 11.6 Å². The van der Waals surface area contributed by atoms with Crippen molar-refractivity contribution in [3.05, 3.63) is 58.3 Å². The fourth-order valence-electron chi connectivity index (χ4n) is 2.24. The molecule has 0 fully saturated rings. The van der Waals surface area contributed by atoms with E-state index in [4.69, 9.17) is 11.6 Å². The van der Waals surface area contributed by atoms with Gasteiger partial charge in [-0.1, -0.05) is 11.6 Å². The van der Waals surface area contributed by atoms with E-state index in [1.165, 1.54) is 30.3 Å². The summed E-state index contributed by atoms with van der Waals surface area (Å²) >= 11 is 5.71. The fraction of sp³-hybridized carbons (Fsp3) is 0.0667. The lowest BCUT2D eigenvalue weighted by Crippen LogP contribution is -2.28. The molecule has 1 aliphatic heterocycles. The number of aromatic nitrogens is 1. The number of nitrogens with zero attached hydrogens (tertiary/aromatic N) is 2. The van der Waals surface area contributed by atoms with Gasteiger partial charge in [-0.15, -0.1) is 0 Å². The lowest BCUT2D eigenvalue weighted by atomic mass is 10.0. The van der Waals surface area contributed by atoms with Gasteiger partial charge < -0.3 is 10.0 Å². The summed E-state index contributed by atoms with van der Waals surface area (Å²) in [5.74, 6) is -1.95. The molecule has 0 unspecified atom stereocenters. The number of pyridine rings is 1. The average Bonchev–Trinajstić information content (AvgIpc) is 2.48. The first-order valence-corrected chi connectivity index (χ1v) is 6.66. The molecular weight excluding hydrogens is 314 g/mol. The molecule has 2 aromatic rings. The first-order valence-electron chi connectivity index (χ1n) is 6.28. The van der Waals surface area contributed by atoms with E-state index in [2.05, 4.69) is 4.98 Å². The lowest BCUT2D eigenvalue weighted by Gasteiger charge is -2.29. The van der Waals surface area contributed by atoms with Crippen LogP contribution in [0.3, 0.4) is 0 Å². The number of hydrogen-bond donors (Lipinski definition) is 1. The molecule has 0 bridgehead atoms. The Morgan fingerprint density at radius 3 is 2.59 bits per heavy atom. The van der Waals surface area contributed by atoms with Crippen LogP contribution in [-0.2, 0) is 4.79 Å². The lowest BCUT2D eigenvalue weighted by molar-refractivity contribution is -0.132. The van der Waals surface area contributed by atoms with Gasteiger partial charge in [-0.2, -0.15) is 0 Å². The molecule has 0 saturated carbocycles. The Morgan fingerprint density at radius 1 is 1.27 bits per heavy atom. The van der Waals surface area contributed by atoms with E-state index in [1.54, 1.807) is 4.90 Å². The van der Waals surface area contributed by atoms with Crippen molar-refractivity contribution in [3.8, 4) is 0 Å². The highest BCUT2D eigenvalue weighted by atomic mass is 35.5. The maximum Gasteiger partial charge on any atom is 0.333 e. The van der Waals surface area contributed by atoms with Crippen LogP contribution in [0, 0.1) is 11.6 Å². The monoisotopic (exact) mass is 322 g/mol. The van der Waals surface area contributed by atoms with Gasteiger partial charge in [-0.25, -0.2) is 18.6 Å². The molecule has 4 nitrogen and oxygen atoms in total. The van der Waals surface area contributed by atoms with Crippen molar-refractivity contribution < 1.29 is 18.7 Å². The molecule has 1 N–H and O–H groups in total. The van der Waals surface area contributed by atoms with Crippen molar-refractivity contribution in [3.63, 3.8) is 0 Å². The third-order valence-corrected chi connectivity index (χ3v) is 3.53. The zero-order chi connectivity index (χ0) is 15.9. The van der Waals surface area contributed by atoms with Crippen molar-refractivity contribution in [2.24, 2.45) is 0 Å². The molecule has 0 aliphatic carbocycles. The summed E-state index contributed by atoms with van der Waals surface area (Å²) in [7, 11) is 0. The van der Waals surface area contributed by atoms with Gasteiger partial charge in [0.05, 0.1) is 12.1 Å². The maximum atomic E-state index is 13.6. The minimum absolute atomic E-state index is 0.0168. The summed E-state index contributed by atoms with van der Waals surface area (Å²) in [6.45, 7) is 0.0168. The van der Waals surface area contributed by atoms with Gasteiger partial charge in [0.2, 0.25) is 0 Å². The molecule has 7 heteroatoms. The molecule has 112 valence electrons. The van der Waals surface area contributed by atoms with Crippen LogP contribution in [0.4, 0.5) is 20.3 Å². The number of rotatable bonds is 2. The van der Waals surface area contributed by atoms with Crippen LogP contribution in [0.1, 0.15) is 5.56 Å². The van der Waals surface area contributed by atoms with Crippen molar-refractivity contribution in [1.82, 2.24) is 4.98 Å². The van der Waals surface area contributed by atoms with Gasteiger partial charge in [0.25, 0.3) is 0 Å². The smallest absolute Gasteiger partial charge is 0.333 e. The van der Waals surface area contributed by atoms with Crippen molar-refractivity contribution >= 4 is 35.2 Å². The molecule has 1 aromatic heterocycles. The quantitative estimate of drug-likeness (QED) is 0.858. The second-order valence-corrected chi connectivity index (χ2v) is 5.07. The fourth-order valence-corrected chi connectivity index (χ4v) is 2.37. The number of anilines is 2. The molecule has 0 spiro atoms. The first-order chi connectivity index (χ1) is 10.5. The topological polar surface area (TPSA) is 53.4 Å². The predicted molar refractivity (Wildman–Crippen MR) is 78.2 cm³/mol. The summed E-state index contributed by atoms with van der Waals surface area (Å²) in [5, 5.41) is 8.89. The van der Waals surface area contributed by atoms with Gasteiger partial charge in [0.15, 0.2) is 11.0 Å². The average molecular weight is 323 g/mol. The summed E-state index contributed by atoms with van der Waals surface area (Å²) in [4.78, 5) is 16.8. The van der Waals surface area contributed by atoms with Crippen molar-refractivity contribution in [1.29, 1.82) is 0 Å². The van der Waals surface area contributed by atoms with Crippen LogP contribution in [0.15, 0.2) is 35.9 Å². The van der Waals surface area contributed by atoms with Crippen LogP contribution in [0.2, 0.25) is 5.15 Å². The second-order valence-electron chi connectivity index (χ2n) is 4.71. The largest absolute Gasteiger partial charge is 0.478 e. The van der Waals surface area contributed by atoms with E-state index in [0.717, 1.165) is 6.07 Å². The van der Waals surface area contributed by atoms with E-state index < -0.39 is 17.6 Å². The highest BCUT2D eigenvalue weighted by molar-refractivity contribution is 6.29. The zero-order valence-electron chi connectivity index (χ0n) is 11.1. The van der Waals surface area contributed by atoms with Crippen LogP contribution in [0.5, 0.6) is 0 Å². The second kappa shape index (κ2) is 5.38. The van der Waals surface area contributed by atoms with Crippen LogP contribution < -0.4 is 4.90 Å². The van der Waals surface area contributed by atoms with Crippen LogP contribution in [0.25, 0.3) is 6.08 Å². The Balaban J connectivity index is 2.16. The Bertz CT molecular complexity index is 791. The Hall–Kier alpha value is -2.47. The summed E-state index contributed by atoms with van der Waals surface area (Å²) in [6, 6.07) is 6.60. The van der Waals surface area contributed by atoms with E-state index in [0.29, 0.717) is 17.1 Å². The van der Waals surface area contributed by atoms with Crippen molar-refractivity contribution in [2.45, 2.75) is 0 Å². The van der Waals surface area contributed by atoms with E-state index in [9.17, 15) is 18.7 Å². The number of halogens is 3. The van der Waals surface area contributed by atoms with Crippen LogP contribution in [-0.4, -0.2) is 22.6 Å². The highest BCUT2D eigenvalue weighted by Gasteiger charge is 2.25. The maximum absolute atomic E-state index is 13.6. The molecule has 0 atom stereocenters. The number of carbonyl (C=O) groups is 1. The first kappa shape index (κ1) is 14.5. The molecular formula is C15H9ClF2N2O2. The van der Waals surface area contributed by atoms with Gasteiger partial charge in [-0.05, 0) is 36.4 Å². The van der Waals surface area contributed by atoms with E-state index in [1.807, 2.05) is 0 Å². The number of aliphatic carboxylic acids is 1. The SMILES string of the molecule is O=C(O)C1=Cc2cc(F)c(Cl)nc2N(c2ccc(F)cc2)C1. The molecule has 1 aliphatic rings. The van der Waals surface area contributed by atoms with Gasteiger partial charge >= 0.3 is 5.97 Å².